The molecule has 1 aliphatic rings. The van der Waals surface area contributed by atoms with E-state index in [9.17, 15) is 34.8 Å². The van der Waals surface area contributed by atoms with Crippen LogP contribution in [0.1, 0.15) is 5.56 Å². The number of alkyl halides is 3. The van der Waals surface area contributed by atoms with Crippen LogP contribution in [-0.4, -0.2) is 41.6 Å². The second-order valence-corrected chi connectivity index (χ2v) is 11.7. The quantitative estimate of drug-likeness (QED) is 0.479. The maximum absolute atomic E-state index is 12.9. The molecule has 0 aromatic heterocycles. The smallest absolute Gasteiger partial charge is 0.416 e. The van der Waals surface area contributed by atoms with Crippen LogP contribution >= 0.6 is 0 Å². The molecule has 0 saturated heterocycles. The average molecular weight is 556 g/mol. The zero-order valence-corrected chi connectivity index (χ0v) is 20.7. The molecule has 1 heterocycles. The number of carbonyl (C=O) groups excluding carboxylic acids is 1. The van der Waals surface area contributed by atoms with Gasteiger partial charge in [-0.15, -0.1) is 0 Å². The van der Waals surface area contributed by atoms with Crippen molar-refractivity contribution in [2.24, 2.45) is 0 Å². The van der Waals surface area contributed by atoms with Gasteiger partial charge in [-0.3, -0.25) is 13.8 Å². The molecule has 2 N–H and O–H groups in total. The Morgan fingerprint density at radius 3 is 2.27 bits per heavy atom. The highest BCUT2D eigenvalue weighted by Gasteiger charge is 2.35. The molecule has 14 heteroatoms. The van der Waals surface area contributed by atoms with Gasteiger partial charge in [-0.25, -0.2) is 16.8 Å². The number of rotatable bonds is 6. The monoisotopic (exact) mass is 555 g/mol. The summed E-state index contributed by atoms with van der Waals surface area (Å²) in [6.45, 7) is -0.269. The molecule has 37 heavy (non-hydrogen) atoms. The molecular formula is C23H20F3N3O6S2. The number of benzene rings is 3. The number of nitrogens with zero attached hydrogens (tertiary/aromatic N) is 1. The molecule has 0 unspecified atom stereocenters. The van der Waals surface area contributed by atoms with E-state index in [1.807, 2.05) is 0 Å². The molecule has 1 amide bonds. The fraction of sp³-hybridized carbons (Fsp3) is 0.174. The third-order valence-corrected chi connectivity index (χ3v) is 7.85. The zero-order valence-electron chi connectivity index (χ0n) is 19.1. The summed E-state index contributed by atoms with van der Waals surface area (Å²) < 4.78 is 97.2. The number of anilines is 3. The number of halogens is 3. The lowest BCUT2D eigenvalue weighted by Gasteiger charge is -2.33. The molecule has 9 nitrogen and oxygen atoms in total. The van der Waals surface area contributed by atoms with Gasteiger partial charge in [-0.2, -0.15) is 13.2 Å². The maximum atomic E-state index is 12.9. The molecule has 1 atom stereocenters. The summed E-state index contributed by atoms with van der Waals surface area (Å²) in [5.41, 5.74) is -0.779. The summed E-state index contributed by atoms with van der Waals surface area (Å²) in [4.78, 5) is 12.6. The first-order valence-electron chi connectivity index (χ1n) is 10.6. The highest BCUT2D eigenvalue weighted by molar-refractivity contribution is 7.92. The summed E-state index contributed by atoms with van der Waals surface area (Å²) in [6, 6.07) is 15.0. The lowest BCUT2D eigenvalue weighted by molar-refractivity contribution is -0.137. The first kappa shape index (κ1) is 26.3. The summed E-state index contributed by atoms with van der Waals surface area (Å²) in [6.07, 6.45) is -4.81. The van der Waals surface area contributed by atoms with Crippen molar-refractivity contribution < 1.29 is 39.5 Å². The molecule has 0 fully saturated rings. The molecule has 4 rings (SSSR count). The normalized spacial score (nSPS) is 15.9. The van der Waals surface area contributed by atoms with E-state index in [-0.39, 0.29) is 28.6 Å². The van der Waals surface area contributed by atoms with E-state index in [0.717, 1.165) is 34.8 Å². The topological polar surface area (TPSA) is 122 Å². The van der Waals surface area contributed by atoms with Gasteiger partial charge < -0.3 is 10.1 Å². The Labute approximate surface area is 211 Å². The molecule has 196 valence electrons. The Balaban J connectivity index is 1.47. The fourth-order valence-electron chi connectivity index (χ4n) is 3.57. The third kappa shape index (κ3) is 5.97. The molecule has 0 saturated carbocycles. The van der Waals surface area contributed by atoms with Gasteiger partial charge in [0.15, 0.2) is 6.10 Å². The highest BCUT2D eigenvalue weighted by Crippen LogP contribution is 2.35. The van der Waals surface area contributed by atoms with Crippen LogP contribution in [0.25, 0.3) is 0 Å². The second kappa shape index (κ2) is 9.59. The van der Waals surface area contributed by atoms with E-state index in [2.05, 4.69) is 10.0 Å². The summed E-state index contributed by atoms with van der Waals surface area (Å²) in [5, 5.41) is 2.54. The largest absolute Gasteiger partial charge is 0.476 e. The molecular weight excluding hydrogens is 535 g/mol. The predicted molar refractivity (Wildman–Crippen MR) is 130 cm³/mol. The Morgan fingerprint density at radius 2 is 1.62 bits per heavy atom. The molecule has 0 radical (unpaired) electrons. The maximum Gasteiger partial charge on any atom is 0.416 e. The van der Waals surface area contributed by atoms with E-state index >= 15 is 0 Å². The van der Waals surface area contributed by atoms with Crippen LogP contribution in [0.2, 0.25) is 0 Å². The number of para-hydroxylation sites is 2. The minimum absolute atomic E-state index is 0.191. The van der Waals surface area contributed by atoms with E-state index in [1.165, 1.54) is 24.3 Å². The zero-order chi connectivity index (χ0) is 27.0. The van der Waals surface area contributed by atoms with E-state index in [4.69, 9.17) is 4.74 Å². The molecule has 3 aromatic rings. The van der Waals surface area contributed by atoms with Crippen LogP contribution in [0.4, 0.5) is 30.2 Å². The van der Waals surface area contributed by atoms with Gasteiger partial charge in [0, 0.05) is 11.4 Å². The predicted octanol–water partition coefficient (Wildman–Crippen LogP) is 3.67. The van der Waals surface area contributed by atoms with Crippen molar-refractivity contribution in [2.75, 3.05) is 27.1 Å². The van der Waals surface area contributed by atoms with Crippen LogP contribution in [0, 0.1) is 0 Å². The van der Waals surface area contributed by atoms with Crippen molar-refractivity contribution in [2.45, 2.75) is 17.2 Å². The minimum Gasteiger partial charge on any atom is -0.476 e. The SMILES string of the molecule is CS(=O)(=O)N1C[C@H](C(=O)Nc2ccc(S(=O)(=O)Nc3cccc(C(F)(F)F)c3)cc2)Oc2ccccc21. The number of hydrogen-bond acceptors (Lipinski definition) is 6. The minimum atomic E-state index is -4.64. The summed E-state index contributed by atoms with van der Waals surface area (Å²) in [7, 11) is -7.93. The molecule has 0 spiro atoms. The molecule has 3 aromatic carbocycles. The summed E-state index contributed by atoms with van der Waals surface area (Å²) in [5.74, 6) is -0.456. The van der Waals surface area contributed by atoms with E-state index in [1.54, 1.807) is 18.2 Å². The Hall–Kier alpha value is -3.78. The Bertz CT molecular complexity index is 1540. The second-order valence-electron chi connectivity index (χ2n) is 8.07. The third-order valence-electron chi connectivity index (χ3n) is 5.30. The lowest BCUT2D eigenvalue weighted by Crippen LogP contribution is -2.48. The molecule has 0 aliphatic carbocycles. The van der Waals surface area contributed by atoms with Gasteiger partial charge in [0.25, 0.3) is 15.9 Å². The number of hydrogen-bond donors (Lipinski definition) is 2. The number of carbonyl (C=O) groups is 1. The van der Waals surface area contributed by atoms with Gasteiger partial charge in [0.2, 0.25) is 10.0 Å². The van der Waals surface area contributed by atoms with Gasteiger partial charge >= 0.3 is 6.18 Å². The number of nitrogens with one attached hydrogen (secondary N) is 2. The number of fused-ring (bicyclic) bond motifs is 1. The van der Waals surface area contributed by atoms with Gasteiger partial charge in [0.05, 0.1) is 28.9 Å². The van der Waals surface area contributed by atoms with E-state index < -0.39 is 43.8 Å². The number of amides is 1. The van der Waals surface area contributed by atoms with Crippen molar-refractivity contribution in [3.05, 3.63) is 78.4 Å². The van der Waals surface area contributed by atoms with Crippen molar-refractivity contribution in [3.8, 4) is 5.75 Å². The average Bonchev–Trinajstić information content (AvgIpc) is 2.82. The number of sulfonamides is 2. The lowest BCUT2D eigenvalue weighted by atomic mass is 10.2. The van der Waals surface area contributed by atoms with Gasteiger partial charge in [-0.05, 0) is 54.6 Å². The Kier molecular flexibility index (Phi) is 6.81. The van der Waals surface area contributed by atoms with Crippen molar-refractivity contribution >= 4 is 43.0 Å². The van der Waals surface area contributed by atoms with Gasteiger partial charge in [-0.1, -0.05) is 18.2 Å². The first-order chi connectivity index (χ1) is 17.2. The van der Waals surface area contributed by atoms with E-state index in [0.29, 0.717) is 11.8 Å². The van der Waals surface area contributed by atoms with Crippen molar-refractivity contribution in [3.63, 3.8) is 0 Å². The first-order valence-corrected chi connectivity index (χ1v) is 13.9. The van der Waals surface area contributed by atoms with Crippen LogP contribution in [0.3, 0.4) is 0 Å². The number of ether oxygens (including phenoxy) is 1. The van der Waals surface area contributed by atoms with Crippen molar-refractivity contribution in [1.82, 2.24) is 0 Å². The van der Waals surface area contributed by atoms with Crippen LogP contribution in [0.15, 0.2) is 77.7 Å². The van der Waals surface area contributed by atoms with Crippen LogP contribution in [0.5, 0.6) is 5.75 Å². The fourth-order valence-corrected chi connectivity index (χ4v) is 5.53. The van der Waals surface area contributed by atoms with Crippen LogP contribution < -0.4 is 19.1 Å². The molecule has 1 aliphatic heterocycles. The van der Waals surface area contributed by atoms with Crippen molar-refractivity contribution in [1.29, 1.82) is 0 Å². The van der Waals surface area contributed by atoms with Crippen LogP contribution in [-0.2, 0) is 31.0 Å². The Morgan fingerprint density at radius 1 is 0.946 bits per heavy atom. The standard InChI is InChI=1S/C23H20F3N3O6S2/c1-36(31,32)29-14-21(35-20-8-3-2-7-19(20)29)22(30)27-16-9-11-18(12-10-16)37(33,34)28-17-6-4-5-15(13-17)23(24,25)26/h2-13,21,28H,14H2,1H3,(H,27,30)/t21-/m1/s1. The van der Waals surface area contributed by atoms with Gasteiger partial charge in [0.1, 0.15) is 5.75 Å². The molecule has 0 bridgehead atoms. The highest BCUT2D eigenvalue weighted by atomic mass is 32.2. The summed E-state index contributed by atoms with van der Waals surface area (Å²) >= 11 is 0.